The highest BCUT2D eigenvalue weighted by molar-refractivity contribution is 8.03. The molecule has 0 aliphatic rings. The van der Waals surface area contributed by atoms with E-state index in [2.05, 4.69) is 34.6 Å². The van der Waals surface area contributed by atoms with Crippen LogP contribution in [0.1, 0.15) is 41.0 Å². The zero-order valence-corrected chi connectivity index (χ0v) is 16.1. The second-order valence-electron chi connectivity index (χ2n) is 6.23. The Balaban J connectivity index is 4.00. The fraction of sp³-hybridized carbons (Fsp3) is 1.00. The van der Waals surface area contributed by atoms with Crippen molar-refractivity contribution < 1.29 is 10.2 Å². The van der Waals surface area contributed by atoms with Crippen LogP contribution in [0.5, 0.6) is 0 Å². The van der Waals surface area contributed by atoms with E-state index in [0.717, 1.165) is 29.4 Å². The summed E-state index contributed by atoms with van der Waals surface area (Å²) in [6.45, 7) is 12.0. The standard InChI is InChI=1S/C15H32O2S3/c1-13(12-20-14(2,3)6-7-16)15(4,5)19-11-10-18-9-8-17/h13,16-17H,6-12H2,1-5H3. The van der Waals surface area contributed by atoms with Crippen molar-refractivity contribution in [3.63, 3.8) is 0 Å². The van der Waals surface area contributed by atoms with Gasteiger partial charge in [-0.2, -0.15) is 35.3 Å². The highest BCUT2D eigenvalue weighted by Crippen LogP contribution is 2.38. The van der Waals surface area contributed by atoms with Gasteiger partial charge in [-0.05, 0) is 18.1 Å². The lowest BCUT2D eigenvalue weighted by Crippen LogP contribution is -2.30. The van der Waals surface area contributed by atoms with Crippen molar-refractivity contribution in [3.8, 4) is 0 Å². The molecule has 0 saturated carbocycles. The Morgan fingerprint density at radius 3 is 2.10 bits per heavy atom. The molecule has 0 aromatic carbocycles. The van der Waals surface area contributed by atoms with Crippen LogP contribution in [0, 0.1) is 5.92 Å². The first kappa shape index (κ1) is 21.0. The van der Waals surface area contributed by atoms with Crippen molar-refractivity contribution in [3.05, 3.63) is 0 Å². The largest absolute Gasteiger partial charge is 0.396 e. The number of hydrogen-bond acceptors (Lipinski definition) is 5. The molecule has 122 valence electrons. The van der Waals surface area contributed by atoms with Crippen molar-refractivity contribution in [2.45, 2.75) is 50.5 Å². The second-order valence-corrected chi connectivity index (χ2v) is 10.9. The summed E-state index contributed by atoms with van der Waals surface area (Å²) in [6, 6.07) is 0. The Morgan fingerprint density at radius 2 is 1.55 bits per heavy atom. The summed E-state index contributed by atoms with van der Waals surface area (Å²) in [7, 11) is 0. The van der Waals surface area contributed by atoms with E-state index in [1.54, 1.807) is 0 Å². The fourth-order valence-electron chi connectivity index (χ4n) is 1.57. The van der Waals surface area contributed by atoms with Gasteiger partial charge in [-0.3, -0.25) is 0 Å². The van der Waals surface area contributed by atoms with Gasteiger partial charge in [0.05, 0.1) is 6.61 Å². The van der Waals surface area contributed by atoms with Crippen LogP contribution in [-0.4, -0.2) is 55.9 Å². The molecule has 2 N–H and O–H groups in total. The van der Waals surface area contributed by atoms with Gasteiger partial charge in [0, 0.05) is 33.4 Å². The van der Waals surface area contributed by atoms with E-state index in [9.17, 15) is 0 Å². The van der Waals surface area contributed by atoms with Crippen LogP contribution in [0.25, 0.3) is 0 Å². The second kappa shape index (κ2) is 10.7. The Labute approximate surface area is 138 Å². The maximum absolute atomic E-state index is 9.08. The molecular weight excluding hydrogens is 308 g/mol. The Hall–Kier alpha value is 0.970. The molecule has 5 heteroatoms. The smallest absolute Gasteiger partial charge is 0.0521 e. The van der Waals surface area contributed by atoms with Crippen molar-refractivity contribution in [1.29, 1.82) is 0 Å². The molecular formula is C15H32O2S3. The van der Waals surface area contributed by atoms with Gasteiger partial charge in [-0.1, -0.05) is 34.6 Å². The summed E-state index contributed by atoms with van der Waals surface area (Å²) in [5.41, 5.74) is 0. The third-order valence-corrected chi connectivity index (χ3v) is 7.99. The summed E-state index contributed by atoms with van der Waals surface area (Å²) in [5, 5.41) is 17.8. The maximum Gasteiger partial charge on any atom is 0.0521 e. The molecule has 0 aromatic heterocycles. The van der Waals surface area contributed by atoms with Crippen LogP contribution >= 0.6 is 35.3 Å². The molecule has 2 nitrogen and oxygen atoms in total. The fourth-order valence-corrected chi connectivity index (χ4v) is 5.06. The summed E-state index contributed by atoms with van der Waals surface area (Å²) in [6.07, 6.45) is 0.857. The third kappa shape index (κ3) is 9.82. The van der Waals surface area contributed by atoms with E-state index in [-0.39, 0.29) is 22.7 Å². The summed E-state index contributed by atoms with van der Waals surface area (Å²) < 4.78 is 0.447. The molecule has 0 aliphatic carbocycles. The van der Waals surface area contributed by atoms with Gasteiger partial charge in [0.25, 0.3) is 0 Å². The Bertz CT molecular complexity index is 245. The van der Waals surface area contributed by atoms with E-state index >= 15 is 0 Å². The van der Waals surface area contributed by atoms with Crippen LogP contribution < -0.4 is 0 Å². The predicted octanol–water partition coefficient (Wildman–Crippen LogP) is 3.75. The molecule has 0 saturated heterocycles. The number of hydrogen-bond donors (Lipinski definition) is 2. The minimum Gasteiger partial charge on any atom is -0.396 e. The van der Waals surface area contributed by atoms with E-state index in [4.69, 9.17) is 10.2 Å². The summed E-state index contributed by atoms with van der Waals surface area (Å²) >= 11 is 5.84. The monoisotopic (exact) mass is 340 g/mol. The van der Waals surface area contributed by atoms with E-state index in [1.807, 2.05) is 35.3 Å². The first-order chi connectivity index (χ1) is 9.25. The van der Waals surface area contributed by atoms with Crippen molar-refractivity contribution in [1.82, 2.24) is 0 Å². The minimum atomic E-state index is 0.167. The topological polar surface area (TPSA) is 40.5 Å². The van der Waals surface area contributed by atoms with Gasteiger partial charge < -0.3 is 10.2 Å². The van der Waals surface area contributed by atoms with Crippen molar-refractivity contribution in [2.75, 3.05) is 36.2 Å². The molecule has 0 bridgehead atoms. The molecule has 0 radical (unpaired) electrons. The zero-order valence-electron chi connectivity index (χ0n) is 13.6. The van der Waals surface area contributed by atoms with Gasteiger partial charge in [0.2, 0.25) is 0 Å². The van der Waals surface area contributed by atoms with Crippen LogP contribution in [0.2, 0.25) is 0 Å². The van der Waals surface area contributed by atoms with Gasteiger partial charge in [0.15, 0.2) is 0 Å². The first-order valence-corrected chi connectivity index (χ1v) is 10.4. The SMILES string of the molecule is CC(CSC(C)(C)CCO)C(C)(C)SCCSCCO. The maximum atomic E-state index is 9.08. The summed E-state index contributed by atoms with van der Waals surface area (Å²) in [5.74, 6) is 4.88. The Kier molecular flexibility index (Phi) is 11.2. The highest BCUT2D eigenvalue weighted by atomic mass is 32.2. The van der Waals surface area contributed by atoms with E-state index < -0.39 is 0 Å². The normalized spacial score (nSPS) is 14.6. The quantitative estimate of drug-likeness (QED) is 0.530. The van der Waals surface area contributed by atoms with Crippen LogP contribution in [-0.2, 0) is 0 Å². The molecule has 1 atom stereocenters. The van der Waals surface area contributed by atoms with Gasteiger partial charge >= 0.3 is 0 Å². The predicted molar refractivity (Wildman–Crippen MR) is 98.4 cm³/mol. The molecule has 0 heterocycles. The van der Waals surface area contributed by atoms with Gasteiger partial charge in [0.1, 0.15) is 0 Å². The number of aliphatic hydroxyl groups is 2. The lowest BCUT2D eigenvalue weighted by molar-refractivity contribution is 0.275. The molecule has 0 rings (SSSR count). The lowest BCUT2D eigenvalue weighted by atomic mass is 9.99. The number of thioether (sulfide) groups is 3. The minimum absolute atomic E-state index is 0.167. The Morgan fingerprint density at radius 1 is 0.900 bits per heavy atom. The van der Waals surface area contributed by atoms with Gasteiger partial charge in [-0.15, -0.1) is 0 Å². The van der Waals surface area contributed by atoms with Crippen molar-refractivity contribution >= 4 is 35.3 Å². The first-order valence-electron chi connectivity index (χ1n) is 7.32. The molecule has 0 aromatic rings. The summed E-state index contributed by atoms with van der Waals surface area (Å²) in [4.78, 5) is 0. The highest BCUT2D eigenvalue weighted by Gasteiger charge is 2.28. The van der Waals surface area contributed by atoms with Gasteiger partial charge in [-0.25, -0.2) is 0 Å². The van der Waals surface area contributed by atoms with Crippen LogP contribution in [0.15, 0.2) is 0 Å². The van der Waals surface area contributed by atoms with Crippen molar-refractivity contribution in [2.24, 2.45) is 5.92 Å². The van der Waals surface area contributed by atoms with Crippen LogP contribution in [0.3, 0.4) is 0 Å². The molecule has 0 fully saturated rings. The molecule has 0 amide bonds. The number of aliphatic hydroxyl groups excluding tert-OH is 2. The number of rotatable bonds is 12. The van der Waals surface area contributed by atoms with E-state index in [0.29, 0.717) is 5.92 Å². The average Bonchev–Trinajstić information content (AvgIpc) is 2.35. The lowest BCUT2D eigenvalue weighted by Gasteiger charge is -2.33. The van der Waals surface area contributed by atoms with Crippen LogP contribution in [0.4, 0.5) is 0 Å². The third-order valence-electron chi connectivity index (χ3n) is 3.56. The molecule has 1 unspecified atom stereocenters. The molecule has 0 aliphatic heterocycles. The van der Waals surface area contributed by atoms with E-state index in [1.165, 1.54) is 0 Å². The molecule has 0 spiro atoms. The average molecular weight is 341 g/mol. The zero-order chi connectivity index (χ0) is 15.6. The molecule has 20 heavy (non-hydrogen) atoms.